The predicted molar refractivity (Wildman–Crippen MR) is 72.2 cm³/mol. The van der Waals surface area contributed by atoms with Gasteiger partial charge >= 0.3 is 0 Å². The Morgan fingerprint density at radius 3 is 2.19 bits per heavy atom. The highest BCUT2D eigenvalue weighted by molar-refractivity contribution is 5.62. The van der Waals surface area contributed by atoms with E-state index in [0.29, 0.717) is 0 Å². The number of rotatable bonds is 6. The summed E-state index contributed by atoms with van der Waals surface area (Å²) in [4.78, 5) is 0. The van der Waals surface area contributed by atoms with Crippen LogP contribution in [0.5, 0.6) is 0 Å². The molecule has 1 aromatic carbocycles. The van der Waals surface area contributed by atoms with Crippen LogP contribution in [-0.2, 0) is 0 Å². The fraction of sp³-hybridized carbons (Fsp3) is 0.467. The molecule has 0 radical (unpaired) electrons. The molecular formula is C15H24N+. The van der Waals surface area contributed by atoms with Gasteiger partial charge in [-0.05, 0) is 25.0 Å². The largest absolute Gasteiger partial charge is 0.326 e. The molecule has 16 heavy (non-hydrogen) atoms. The Bertz CT molecular complexity index is 323. The molecule has 1 nitrogen and oxygen atoms in total. The summed E-state index contributed by atoms with van der Waals surface area (Å²) in [5, 5.41) is 0. The van der Waals surface area contributed by atoms with Crippen molar-refractivity contribution < 1.29 is 4.48 Å². The summed E-state index contributed by atoms with van der Waals surface area (Å²) in [5.74, 6) is 0. The Kier molecular flexibility index (Phi) is 4.75. The maximum Gasteiger partial charge on any atom is 0.0825 e. The summed E-state index contributed by atoms with van der Waals surface area (Å²) >= 11 is 0. The zero-order valence-electron chi connectivity index (χ0n) is 10.9. The van der Waals surface area contributed by atoms with Crippen molar-refractivity contribution in [2.75, 3.05) is 26.7 Å². The molecule has 0 N–H and O–H groups in total. The topological polar surface area (TPSA) is 0 Å². The van der Waals surface area contributed by atoms with Crippen molar-refractivity contribution in [2.45, 2.75) is 20.3 Å². The van der Waals surface area contributed by atoms with E-state index in [1.165, 1.54) is 30.8 Å². The Hall–Kier alpha value is -1.08. The smallest absolute Gasteiger partial charge is 0.0825 e. The molecular weight excluding hydrogens is 194 g/mol. The van der Waals surface area contributed by atoms with E-state index in [2.05, 4.69) is 57.8 Å². The molecule has 1 rings (SSSR count). The zero-order chi connectivity index (χ0) is 12.0. The lowest BCUT2D eigenvalue weighted by Gasteiger charge is -2.32. The average molecular weight is 218 g/mol. The predicted octanol–water partition coefficient (Wildman–Crippen LogP) is 3.58. The normalized spacial score (nSPS) is 11.4. The van der Waals surface area contributed by atoms with Gasteiger partial charge in [0.25, 0.3) is 0 Å². The van der Waals surface area contributed by atoms with Gasteiger partial charge in [-0.25, -0.2) is 0 Å². The monoisotopic (exact) mass is 218 g/mol. The highest BCUT2D eigenvalue weighted by Crippen LogP contribution is 2.17. The van der Waals surface area contributed by atoms with Crippen LogP contribution in [-0.4, -0.2) is 31.2 Å². The highest BCUT2D eigenvalue weighted by atomic mass is 15.3. The van der Waals surface area contributed by atoms with Crippen molar-refractivity contribution in [3.8, 4) is 0 Å². The summed E-state index contributed by atoms with van der Waals surface area (Å²) < 4.78 is 1.13. The molecule has 0 fully saturated rings. The third-order valence-corrected chi connectivity index (χ3v) is 3.66. The average Bonchev–Trinajstić information content (AvgIpc) is 2.36. The van der Waals surface area contributed by atoms with Gasteiger partial charge < -0.3 is 4.48 Å². The standard InChI is InChI=1S/C15H24N/c1-5-16(4,6-2)13-12-14(3)15-10-8-7-9-11-15/h7-11H,3,5-6,12-13H2,1-2,4H3/q+1. The second-order valence-electron chi connectivity index (χ2n) is 4.70. The summed E-state index contributed by atoms with van der Waals surface area (Å²) in [5.41, 5.74) is 2.54. The second kappa shape index (κ2) is 5.86. The number of benzene rings is 1. The van der Waals surface area contributed by atoms with E-state index in [1.54, 1.807) is 0 Å². The van der Waals surface area contributed by atoms with Crippen molar-refractivity contribution in [3.63, 3.8) is 0 Å². The number of hydrogen-bond acceptors (Lipinski definition) is 0. The molecule has 0 saturated carbocycles. The van der Waals surface area contributed by atoms with Crippen molar-refractivity contribution in [2.24, 2.45) is 0 Å². The van der Waals surface area contributed by atoms with Crippen LogP contribution in [0.1, 0.15) is 25.8 Å². The molecule has 0 spiro atoms. The molecule has 1 heteroatoms. The lowest BCUT2D eigenvalue weighted by molar-refractivity contribution is -0.905. The van der Waals surface area contributed by atoms with Crippen LogP contribution >= 0.6 is 0 Å². The van der Waals surface area contributed by atoms with E-state index in [9.17, 15) is 0 Å². The minimum Gasteiger partial charge on any atom is -0.326 e. The first-order chi connectivity index (χ1) is 7.61. The van der Waals surface area contributed by atoms with Crippen LogP contribution in [0.15, 0.2) is 36.9 Å². The number of quaternary nitrogens is 1. The Morgan fingerprint density at radius 2 is 1.69 bits per heavy atom. The Morgan fingerprint density at radius 1 is 1.12 bits per heavy atom. The molecule has 0 bridgehead atoms. The van der Waals surface area contributed by atoms with Crippen LogP contribution in [0.3, 0.4) is 0 Å². The van der Waals surface area contributed by atoms with Gasteiger partial charge in [-0.1, -0.05) is 36.9 Å². The van der Waals surface area contributed by atoms with Crippen LogP contribution in [0, 0.1) is 0 Å². The van der Waals surface area contributed by atoms with Crippen molar-refractivity contribution in [1.82, 2.24) is 0 Å². The maximum atomic E-state index is 4.19. The molecule has 0 saturated heterocycles. The molecule has 0 atom stereocenters. The third kappa shape index (κ3) is 3.49. The molecule has 0 aliphatic carbocycles. The van der Waals surface area contributed by atoms with Gasteiger partial charge in [-0.3, -0.25) is 0 Å². The fourth-order valence-electron chi connectivity index (χ4n) is 1.76. The molecule has 0 amide bonds. The third-order valence-electron chi connectivity index (χ3n) is 3.66. The quantitative estimate of drug-likeness (QED) is 0.640. The van der Waals surface area contributed by atoms with Crippen molar-refractivity contribution in [3.05, 3.63) is 42.5 Å². The molecule has 1 aromatic rings. The van der Waals surface area contributed by atoms with E-state index in [4.69, 9.17) is 0 Å². The second-order valence-corrected chi connectivity index (χ2v) is 4.70. The van der Waals surface area contributed by atoms with E-state index < -0.39 is 0 Å². The van der Waals surface area contributed by atoms with Gasteiger partial charge in [-0.15, -0.1) is 0 Å². The van der Waals surface area contributed by atoms with Crippen LogP contribution in [0.2, 0.25) is 0 Å². The van der Waals surface area contributed by atoms with Gasteiger partial charge in [0.15, 0.2) is 0 Å². The number of hydrogen-bond donors (Lipinski definition) is 0. The molecule has 0 aromatic heterocycles. The highest BCUT2D eigenvalue weighted by Gasteiger charge is 2.16. The first kappa shape index (κ1) is 13.0. The summed E-state index contributed by atoms with van der Waals surface area (Å²) in [6.07, 6.45) is 1.09. The number of nitrogens with zero attached hydrogens (tertiary/aromatic N) is 1. The van der Waals surface area contributed by atoms with Gasteiger partial charge in [0.2, 0.25) is 0 Å². The lowest BCUT2D eigenvalue weighted by Crippen LogP contribution is -2.44. The van der Waals surface area contributed by atoms with E-state index >= 15 is 0 Å². The van der Waals surface area contributed by atoms with Crippen molar-refractivity contribution >= 4 is 5.57 Å². The van der Waals surface area contributed by atoms with E-state index in [1.807, 2.05) is 0 Å². The molecule has 0 aliphatic rings. The van der Waals surface area contributed by atoms with Crippen LogP contribution in [0.25, 0.3) is 5.57 Å². The first-order valence-corrected chi connectivity index (χ1v) is 6.18. The first-order valence-electron chi connectivity index (χ1n) is 6.18. The Balaban J connectivity index is 2.54. The molecule has 0 unspecified atom stereocenters. The van der Waals surface area contributed by atoms with Crippen molar-refractivity contribution in [1.29, 1.82) is 0 Å². The van der Waals surface area contributed by atoms with Crippen LogP contribution < -0.4 is 0 Å². The van der Waals surface area contributed by atoms with Gasteiger partial charge in [0.1, 0.15) is 0 Å². The fourth-order valence-corrected chi connectivity index (χ4v) is 1.76. The summed E-state index contributed by atoms with van der Waals surface area (Å²) in [6.45, 7) is 12.3. The van der Waals surface area contributed by atoms with Gasteiger partial charge in [-0.2, -0.15) is 0 Å². The Labute approximate surface area is 100.0 Å². The molecule has 0 aliphatic heterocycles. The molecule has 0 heterocycles. The zero-order valence-corrected chi connectivity index (χ0v) is 10.9. The minimum absolute atomic E-state index is 1.09. The SMILES string of the molecule is C=C(CC[N+](C)(CC)CC)c1ccccc1. The van der Waals surface area contributed by atoms with Gasteiger partial charge in [0.05, 0.1) is 26.7 Å². The van der Waals surface area contributed by atoms with E-state index in [0.717, 1.165) is 10.9 Å². The lowest BCUT2D eigenvalue weighted by atomic mass is 10.0. The molecule has 88 valence electrons. The van der Waals surface area contributed by atoms with Gasteiger partial charge in [0, 0.05) is 6.42 Å². The summed E-state index contributed by atoms with van der Waals surface area (Å²) in [6, 6.07) is 10.5. The van der Waals surface area contributed by atoms with E-state index in [-0.39, 0.29) is 0 Å². The summed E-state index contributed by atoms with van der Waals surface area (Å²) in [7, 11) is 2.32. The van der Waals surface area contributed by atoms with Crippen LogP contribution in [0.4, 0.5) is 0 Å². The minimum atomic E-state index is 1.09. The maximum absolute atomic E-state index is 4.19.